The molecule has 0 aliphatic heterocycles. The van der Waals surface area contributed by atoms with Crippen LogP contribution in [0.3, 0.4) is 0 Å². The Morgan fingerprint density at radius 1 is 1.20 bits per heavy atom. The molecule has 7 nitrogen and oxygen atoms in total. The van der Waals surface area contributed by atoms with Crippen LogP contribution < -0.4 is 0 Å². The van der Waals surface area contributed by atoms with Gasteiger partial charge in [0.1, 0.15) is 5.52 Å². The third-order valence-corrected chi connectivity index (χ3v) is 2.75. The first-order valence-electron chi connectivity index (χ1n) is 5.98. The molecule has 3 aromatic rings. The van der Waals surface area contributed by atoms with Crippen molar-refractivity contribution in [2.75, 3.05) is 0 Å². The lowest BCUT2D eigenvalue weighted by atomic mass is 10.2. The highest BCUT2D eigenvalue weighted by Crippen LogP contribution is 2.24. The molecule has 0 spiro atoms. The van der Waals surface area contributed by atoms with E-state index in [9.17, 15) is 4.79 Å². The van der Waals surface area contributed by atoms with Gasteiger partial charge in [-0.25, -0.2) is 0 Å². The van der Waals surface area contributed by atoms with Crippen LogP contribution >= 0.6 is 0 Å². The van der Waals surface area contributed by atoms with Crippen molar-refractivity contribution < 1.29 is 14.3 Å². The van der Waals surface area contributed by atoms with Gasteiger partial charge in [-0.1, -0.05) is 6.07 Å². The van der Waals surface area contributed by atoms with E-state index >= 15 is 0 Å². The van der Waals surface area contributed by atoms with Gasteiger partial charge in [0.05, 0.1) is 17.5 Å². The summed E-state index contributed by atoms with van der Waals surface area (Å²) in [5, 5.41) is 16.4. The highest BCUT2D eigenvalue weighted by atomic mass is 16.4. The van der Waals surface area contributed by atoms with Gasteiger partial charge in [-0.15, -0.1) is 10.2 Å². The predicted octanol–water partition coefficient (Wildman–Crippen LogP) is 1.70. The molecule has 0 radical (unpaired) electrons. The minimum Gasteiger partial charge on any atom is -0.481 e. The topological polar surface area (TPSA) is 102 Å². The molecule has 3 rings (SSSR count). The van der Waals surface area contributed by atoms with Crippen molar-refractivity contribution in [2.24, 2.45) is 0 Å². The Hall–Kier alpha value is -2.83. The molecule has 7 heteroatoms. The van der Waals surface area contributed by atoms with E-state index in [1.165, 1.54) is 0 Å². The lowest BCUT2D eigenvalue weighted by molar-refractivity contribution is -0.137. The third kappa shape index (κ3) is 2.33. The lowest BCUT2D eigenvalue weighted by Crippen LogP contribution is -1.97. The van der Waals surface area contributed by atoms with Crippen molar-refractivity contribution in [2.45, 2.75) is 12.8 Å². The lowest BCUT2D eigenvalue weighted by Gasteiger charge is -1.99. The van der Waals surface area contributed by atoms with E-state index in [0.717, 1.165) is 5.52 Å². The second kappa shape index (κ2) is 5.04. The standard InChI is InChI=1S/C13H10N4O3/c18-11(19)5-4-10-16-17-13(20-10)8-2-1-3-9-12(8)15-7-6-14-9/h1-3,6-7H,4-5H2,(H,18,19). The zero-order valence-electron chi connectivity index (χ0n) is 10.4. The van der Waals surface area contributed by atoms with Crippen molar-refractivity contribution in [3.63, 3.8) is 0 Å². The van der Waals surface area contributed by atoms with E-state index in [0.29, 0.717) is 22.9 Å². The molecule has 20 heavy (non-hydrogen) atoms. The van der Waals surface area contributed by atoms with Gasteiger partial charge in [-0.3, -0.25) is 14.8 Å². The molecule has 0 bridgehead atoms. The smallest absolute Gasteiger partial charge is 0.303 e. The van der Waals surface area contributed by atoms with Gasteiger partial charge in [0, 0.05) is 18.8 Å². The zero-order chi connectivity index (χ0) is 13.9. The summed E-state index contributed by atoms with van der Waals surface area (Å²) in [6.45, 7) is 0. The van der Waals surface area contributed by atoms with Crippen molar-refractivity contribution in [3.8, 4) is 11.5 Å². The van der Waals surface area contributed by atoms with Gasteiger partial charge in [-0.2, -0.15) is 0 Å². The summed E-state index contributed by atoms with van der Waals surface area (Å²) >= 11 is 0. The van der Waals surface area contributed by atoms with Crippen LogP contribution in [0.2, 0.25) is 0 Å². The fourth-order valence-corrected chi connectivity index (χ4v) is 1.84. The number of benzene rings is 1. The fourth-order valence-electron chi connectivity index (χ4n) is 1.84. The van der Waals surface area contributed by atoms with Crippen LogP contribution in [0.1, 0.15) is 12.3 Å². The van der Waals surface area contributed by atoms with Gasteiger partial charge in [-0.05, 0) is 12.1 Å². The number of nitrogens with zero attached hydrogens (tertiary/aromatic N) is 4. The number of aromatic nitrogens is 4. The maximum Gasteiger partial charge on any atom is 0.303 e. The SMILES string of the molecule is O=C(O)CCc1nnc(-c2cccc3nccnc23)o1. The molecular weight excluding hydrogens is 260 g/mol. The summed E-state index contributed by atoms with van der Waals surface area (Å²) in [7, 11) is 0. The number of para-hydroxylation sites is 1. The van der Waals surface area contributed by atoms with Crippen molar-refractivity contribution in [1.82, 2.24) is 20.2 Å². The van der Waals surface area contributed by atoms with Crippen LogP contribution in [0.4, 0.5) is 0 Å². The number of aryl methyl sites for hydroxylation is 1. The molecule has 1 aromatic carbocycles. The highest BCUT2D eigenvalue weighted by molar-refractivity contribution is 5.88. The fraction of sp³-hybridized carbons (Fsp3) is 0.154. The number of carbonyl (C=O) groups is 1. The number of aliphatic carboxylic acids is 1. The largest absolute Gasteiger partial charge is 0.481 e. The number of carboxylic acids is 1. The Kier molecular flexibility index (Phi) is 3.08. The van der Waals surface area contributed by atoms with E-state index in [1.54, 1.807) is 12.4 Å². The number of fused-ring (bicyclic) bond motifs is 1. The molecule has 0 amide bonds. The van der Waals surface area contributed by atoms with Gasteiger partial charge in [0.25, 0.3) is 0 Å². The highest BCUT2D eigenvalue weighted by Gasteiger charge is 2.13. The summed E-state index contributed by atoms with van der Waals surface area (Å²) in [4.78, 5) is 19.0. The molecule has 0 unspecified atom stereocenters. The first-order chi connectivity index (χ1) is 9.74. The summed E-state index contributed by atoms with van der Waals surface area (Å²) in [6.07, 6.45) is 3.36. The van der Waals surface area contributed by atoms with Crippen LogP contribution in [0.25, 0.3) is 22.5 Å². The number of hydrogen-bond donors (Lipinski definition) is 1. The van der Waals surface area contributed by atoms with E-state index in [1.807, 2.05) is 18.2 Å². The van der Waals surface area contributed by atoms with Crippen molar-refractivity contribution >= 4 is 17.0 Å². The normalized spacial score (nSPS) is 10.8. The summed E-state index contributed by atoms with van der Waals surface area (Å²) < 4.78 is 5.47. The number of hydrogen-bond acceptors (Lipinski definition) is 6. The quantitative estimate of drug-likeness (QED) is 0.769. The third-order valence-electron chi connectivity index (χ3n) is 2.75. The second-order valence-corrected chi connectivity index (χ2v) is 4.12. The molecule has 100 valence electrons. The Morgan fingerprint density at radius 3 is 2.90 bits per heavy atom. The average molecular weight is 270 g/mol. The van der Waals surface area contributed by atoms with Crippen LogP contribution in [0, 0.1) is 0 Å². The predicted molar refractivity (Wildman–Crippen MR) is 68.8 cm³/mol. The Balaban J connectivity index is 1.97. The number of rotatable bonds is 4. The van der Waals surface area contributed by atoms with Crippen molar-refractivity contribution in [1.29, 1.82) is 0 Å². The molecule has 0 fully saturated rings. The minimum atomic E-state index is -0.902. The Labute approximate surface area is 113 Å². The summed E-state index contributed by atoms with van der Waals surface area (Å²) in [6, 6.07) is 5.48. The van der Waals surface area contributed by atoms with E-state index in [-0.39, 0.29) is 12.8 Å². The van der Waals surface area contributed by atoms with E-state index in [2.05, 4.69) is 20.2 Å². The number of carboxylic acid groups (broad SMARTS) is 1. The molecule has 1 N–H and O–H groups in total. The van der Waals surface area contributed by atoms with E-state index < -0.39 is 5.97 Å². The molecule has 0 aliphatic carbocycles. The van der Waals surface area contributed by atoms with Gasteiger partial charge < -0.3 is 9.52 Å². The molecule has 0 atom stereocenters. The van der Waals surface area contributed by atoms with Crippen LogP contribution in [0.15, 0.2) is 35.0 Å². The molecule has 0 saturated carbocycles. The van der Waals surface area contributed by atoms with Gasteiger partial charge >= 0.3 is 5.97 Å². The molecule has 2 aromatic heterocycles. The monoisotopic (exact) mass is 270 g/mol. The maximum atomic E-state index is 10.5. The van der Waals surface area contributed by atoms with Crippen molar-refractivity contribution in [3.05, 3.63) is 36.5 Å². The molecule has 2 heterocycles. The summed E-state index contributed by atoms with van der Waals surface area (Å²) in [5.74, 6) is -0.291. The van der Waals surface area contributed by atoms with Gasteiger partial charge in [0.2, 0.25) is 11.8 Å². The van der Waals surface area contributed by atoms with Crippen LogP contribution in [0.5, 0.6) is 0 Å². The van der Waals surface area contributed by atoms with Gasteiger partial charge in [0.15, 0.2) is 0 Å². The zero-order valence-corrected chi connectivity index (χ0v) is 10.4. The Bertz CT molecular complexity index is 764. The Morgan fingerprint density at radius 2 is 2.05 bits per heavy atom. The minimum absolute atomic E-state index is 0.0447. The van der Waals surface area contributed by atoms with Crippen LogP contribution in [-0.4, -0.2) is 31.2 Å². The molecule has 0 aliphatic rings. The first kappa shape index (κ1) is 12.2. The summed E-state index contributed by atoms with van der Waals surface area (Å²) in [5.41, 5.74) is 2.09. The molecular formula is C13H10N4O3. The van der Waals surface area contributed by atoms with E-state index in [4.69, 9.17) is 9.52 Å². The first-order valence-corrected chi connectivity index (χ1v) is 5.98. The average Bonchev–Trinajstić information content (AvgIpc) is 2.93. The maximum absolute atomic E-state index is 10.5. The second-order valence-electron chi connectivity index (χ2n) is 4.12. The van der Waals surface area contributed by atoms with Crippen LogP contribution in [-0.2, 0) is 11.2 Å². The molecule has 0 saturated heterocycles.